The first-order valence-electron chi connectivity index (χ1n) is 2.87. The van der Waals surface area contributed by atoms with Crippen molar-refractivity contribution in [3.8, 4) is 5.75 Å². The van der Waals surface area contributed by atoms with Gasteiger partial charge in [0.2, 0.25) is 0 Å². The van der Waals surface area contributed by atoms with Gasteiger partial charge in [-0.1, -0.05) is 0 Å². The number of phenols is 1. The predicted molar refractivity (Wildman–Crippen MR) is 52.6 cm³/mol. The van der Waals surface area contributed by atoms with Gasteiger partial charge >= 0.3 is 0 Å². The van der Waals surface area contributed by atoms with Crippen molar-refractivity contribution in [3.63, 3.8) is 0 Å². The van der Waals surface area contributed by atoms with Crippen LogP contribution in [0.2, 0.25) is 0 Å². The first-order valence-corrected chi connectivity index (χ1v) is 5.18. The van der Waals surface area contributed by atoms with Gasteiger partial charge in [0, 0.05) is 0 Å². The lowest BCUT2D eigenvalue weighted by atomic mass is 10.3. The van der Waals surface area contributed by atoms with Gasteiger partial charge in [-0.05, 0) is 41.0 Å². The molecule has 1 nitrogen and oxygen atoms in total. The lowest BCUT2D eigenvalue weighted by molar-refractivity contribution is 0.449. The molecular weight excluding hydrogens is 278 g/mol. The Morgan fingerprint density at radius 3 is 2.64 bits per heavy atom. The number of rotatable bonds is 1. The first kappa shape index (κ1) is 9.12. The maximum atomic E-state index is 13.1. The lowest BCUT2D eigenvalue weighted by Gasteiger charge is -2.02. The Labute approximate surface area is 82.1 Å². The summed E-state index contributed by atoms with van der Waals surface area (Å²) in [6.45, 7) is 0. The summed E-state index contributed by atoms with van der Waals surface area (Å²) < 4.78 is 13.6. The van der Waals surface area contributed by atoms with Crippen LogP contribution in [0, 0.1) is 9.39 Å². The fraction of sp³-hybridized carbons (Fsp3) is 0.143. The molecule has 0 bridgehead atoms. The zero-order valence-corrected chi connectivity index (χ0v) is 8.74. The predicted octanol–water partition coefficient (Wildman–Crippen LogP) is 2.86. The van der Waals surface area contributed by atoms with E-state index in [0.29, 0.717) is 8.47 Å². The van der Waals surface area contributed by atoms with E-state index in [0.717, 1.165) is 0 Å². The van der Waals surface area contributed by atoms with E-state index < -0.39 is 0 Å². The molecule has 0 radical (unpaired) electrons. The third-order valence-electron chi connectivity index (χ3n) is 1.23. The molecule has 1 N–H and O–H groups in total. The SMILES string of the molecule is CSc1c(O)ccc(I)c1F. The van der Waals surface area contributed by atoms with E-state index in [4.69, 9.17) is 5.11 Å². The van der Waals surface area contributed by atoms with Crippen molar-refractivity contribution in [2.24, 2.45) is 0 Å². The van der Waals surface area contributed by atoms with E-state index in [9.17, 15) is 4.39 Å². The van der Waals surface area contributed by atoms with Crippen molar-refractivity contribution in [1.29, 1.82) is 0 Å². The van der Waals surface area contributed by atoms with Crippen LogP contribution in [0.5, 0.6) is 5.75 Å². The van der Waals surface area contributed by atoms with Gasteiger partial charge in [0.25, 0.3) is 0 Å². The quantitative estimate of drug-likeness (QED) is 0.632. The second-order valence-electron chi connectivity index (χ2n) is 1.91. The summed E-state index contributed by atoms with van der Waals surface area (Å²) in [6.07, 6.45) is 1.73. The third-order valence-corrected chi connectivity index (χ3v) is 2.86. The van der Waals surface area contributed by atoms with Gasteiger partial charge < -0.3 is 5.11 Å². The molecule has 1 aromatic rings. The maximum Gasteiger partial charge on any atom is 0.153 e. The van der Waals surface area contributed by atoms with Crippen LogP contribution in [0.1, 0.15) is 0 Å². The fourth-order valence-corrected chi connectivity index (χ4v) is 1.91. The molecule has 0 saturated heterocycles. The molecular formula is C7H6FIOS. The van der Waals surface area contributed by atoms with Crippen molar-refractivity contribution in [3.05, 3.63) is 21.5 Å². The average Bonchev–Trinajstić information content (AvgIpc) is 1.99. The number of halogens is 2. The topological polar surface area (TPSA) is 20.2 Å². The molecule has 11 heavy (non-hydrogen) atoms. The van der Waals surface area contributed by atoms with E-state index >= 15 is 0 Å². The standard InChI is InChI=1S/C7H6FIOS/c1-11-7-5(10)3-2-4(9)6(7)8/h2-3,10H,1H3. The van der Waals surface area contributed by atoms with Crippen LogP contribution in [0.3, 0.4) is 0 Å². The molecule has 0 amide bonds. The van der Waals surface area contributed by atoms with E-state index in [1.165, 1.54) is 17.8 Å². The van der Waals surface area contributed by atoms with Gasteiger partial charge in [-0.15, -0.1) is 11.8 Å². The van der Waals surface area contributed by atoms with Crippen LogP contribution in [-0.2, 0) is 0 Å². The number of benzene rings is 1. The molecule has 1 rings (SSSR count). The molecule has 4 heteroatoms. The van der Waals surface area contributed by atoms with Crippen molar-refractivity contribution in [2.45, 2.75) is 4.90 Å². The highest BCUT2D eigenvalue weighted by Gasteiger charge is 2.09. The second-order valence-corrected chi connectivity index (χ2v) is 3.89. The summed E-state index contributed by atoms with van der Waals surface area (Å²) in [4.78, 5) is 0.317. The van der Waals surface area contributed by atoms with Crippen LogP contribution < -0.4 is 0 Å². The van der Waals surface area contributed by atoms with Gasteiger partial charge in [-0.2, -0.15) is 0 Å². The molecule has 0 aromatic heterocycles. The van der Waals surface area contributed by atoms with Gasteiger partial charge in [0.15, 0.2) is 5.82 Å². The summed E-state index contributed by atoms with van der Waals surface area (Å²) in [5.41, 5.74) is 0. The molecule has 0 heterocycles. The highest BCUT2D eigenvalue weighted by atomic mass is 127. The Balaban J connectivity index is 3.29. The van der Waals surface area contributed by atoms with Crippen molar-refractivity contribution < 1.29 is 9.50 Å². The number of hydrogen-bond donors (Lipinski definition) is 1. The molecule has 0 aliphatic heterocycles. The summed E-state index contributed by atoms with van der Waals surface area (Å²) in [5.74, 6) is -0.325. The summed E-state index contributed by atoms with van der Waals surface area (Å²) in [5, 5.41) is 9.15. The minimum Gasteiger partial charge on any atom is -0.507 e. The van der Waals surface area contributed by atoms with Crippen molar-refractivity contribution >= 4 is 34.4 Å². The van der Waals surface area contributed by atoms with Crippen molar-refractivity contribution in [1.82, 2.24) is 0 Å². The van der Waals surface area contributed by atoms with Gasteiger partial charge in [0.05, 0.1) is 8.47 Å². The monoisotopic (exact) mass is 284 g/mol. The molecule has 0 fully saturated rings. The highest BCUT2D eigenvalue weighted by Crippen LogP contribution is 2.31. The van der Waals surface area contributed by atoms with Crippen LogP contribution in [0.15, 0.2) is 17.0 Å². The first-order chi connectivity index (χ1) is 5.16. The smallest absolute Gasteiger partial charge is 0.153 e. The molecule has 0 saturated carbocycles. The van der Waals surface area contributed by atoms with Crippen LogP contribution in [-0.4, -0.2) is 11.4 Å². The van der Waals surface area contributed by atoms with Crippen LogP contribution in [0.4, 0.5) is 4.39 Å². The molecule has 60 valence electrons. The summed E-state index contributed by atoms with van der Waals surface area (Å²) in [7, 11) is 0. The average molecular weight is 284 g/mol. The minimum absolute atomic E-state index is 0.00964. The van der Waals surface area contributed by atoms with E-state index in [1.54, 1.807) is 12.3 Å². The van der Waals surface area contributed by atoms with Gasteiger partial charge in [0.1, 0.15) is 5.75 Å². The Morgan fingerprint density at radius 1 is 1.55 bits per heavy atom. The van der Waals surface area contributed by atoms with Crippen LogP contribution >= 0.6 is 34.4 Å². The Bertz CT molecular complexity index is 277. The molecule has 0 atom stereocenters. The number of thioether (sulfide) groups is 1. The Kier molecular flexibility index (Phi) is 3.00. The number of aromatic hydroxyl groups is 1. The Morgan fingerprint density at radius 2 is 2.18 bits per heavy atom. The summed E-state index contributed by atoms with van der Waals surface area (Å²) >= 11 is 3.10. The van der Waals surface area contributed by atoms with E-state index in [1.807, 2.05) is 22.6 Å². The largest absolute Gasteiger partial charge is 0.507 e. The van der Waals surface area contributed by atoms with Gasteiger partial charge in [-0.25, -0.2) is 4.39 Å². The van der Waals surface area contributed by atoms with Crippen molar-refractivity contribution in [2.75, 3.05) is 6.26 Å². The van der Waals surface area contributed by atoms with Crippen LogP contribution in [0.25, 0.3) is 0 Å². The normalized spacial score (nSPS) is 10.1. The zero-order chi connectivity index (χ0) is 8.43. The number of hydrogen-bond acceptors (Lipinski definition) is 2. The maximum absolute atomic E-state index is 13.1. The summed E-state index contributed by atoms with van der Waals surface area (Å²) in [6, 6.07) is 3.04. The third kappa shape index (κ3) is 1.79. The molecule has 0 aliphatic rings. The van der Waals surface area contributed by atoms with Gasteiger partial charge in [-0.3, -0.25) is 0 Å². The zero-order valence-electron chi connectivity index (χ0n) is 5.77. The fourth-order valence-electron chi connectivity index (χ4n) is 0.716. The molecule has 0 spiro atoms. The minimum atomic E-state index is -0.335. The second kappa shape index (κ2) is 3.62. The molecule has 0 unspecified atom stereocenters. The van der Waals surface area contributed by atoms with E-state index in [-0.39, 0.29) is 11.6 Å². The highest BCUT2D eigenvalue weighted by molar-refractivity contribution is 14.1. The molecule has 1 aromatic carbocycles. The lowest BCUT2D eigenvalue weighted by Crippen LogP contribution is -1.85. The number of phenolic OH excluding ortho intramolecular Hbond substituents is 1. The molecule has 0 aliphatic carbocycles. The van der Waals surface area contributed by atoms with E-state index in [2.05, 4.69) is 0 Å². The Hall–Kier alpha value is 0.0300.